The topological polar surface area (TPSA) is 46.6 Å². The van der Waals surface area contributed by atoms with Gasteiger partial charge in [0.2, 0.25) is 0 Å². The van der Waals surface area contributed by atoms with E-state index in [2.05, 4.69) is 15.9 Å². The molecule has 1 aliphatic heterocycles. The van der Waals surface area contributed by atoms with Crippen molar-refractivity contribution in [2.75, 3.05) is 12.0 Å². The number of amides is 2. The maximum atomic E-state index is 12.6. The van der Waals surface area contributed by atoms with Gasteiger partial charge in [0.15, 0.2) is 5.75 Å². The van der Waals surface area contributed by atoms with Crippen LogP contribution >= 0.6 is 50.9 Å². The zero-order valence-electron chi connectivity index (χ0n) is 12.8. The Hall–Kier alpha value is -1.47. The normalized spacial score (nSPS) is 16.0. The number of carbonyl (C=O) groups excluding carboxylic acids is 2. The van der Waals surface area contributed by atoms with Crippen LogP contribution in [0.4, 0.5) is 10.5 Å². The summed E-state index contributed by atoms with van der Waals surface area (Å²) in [5.41, 5.74) is 1.16. The van der Waals surface area contributed by atoms with Crippen LogP contribution in [0.25, 0.3) is 6.08 Å². The lowest BCUT2D eigenvalue weighted by atomic mass is 10.2. The van der Waals surface area contributed by atoms with Gasteiger partial charge in [-0.15, -0.1) is 0 Å². The SMILES string of the molecule is COc1c(Cl)cc(/C=C2/SC(=O)N(c3ccc(Cl)cc3)C2=O)cc1Br. The van der Waals surface area contributed by atoms with Crippen molar-refractivity contribution in [1.29, 1.82) is 0 Å². The molecule has 3 rings (SSSR count). The molecule has 128 valence electrons. The van der Waals surface area contributed by atoms with Crippen LogP contribution in [0, 0.1) is 0 Å². The first-order valence-corrected chi connectivity index (χ1v) is 9.34. The molecule has 4 nitrogen and oxygen atoms in total. The van der Waals surface area contributed by atoms with Crippen LogP contribution in [-0.4, -0.2) is 18.3 Å². The van der Waals surface area contributed by atoms with Gasteiger partial charge in [-0.3, -0.25) is 9.59 Å². The molecule has 25 heavy (non-hydrogen) atoms. The second kappa shape index (κ2) is 7.41. The van der Waals surface area contributed by atoms with E-state index in [0.717, 1.165) is 16.7 Å². The minimum Gasteiger partial charge on any atom is -0.494 e. The molecule has 0 N–H and O–H groups in total. The Balaban J connectivity index is 1.94. The summed E-state index contributed by atoms with van der Waals surface area (Å²) < 4.78 is 5.84. The van der Waals surface area contributed by atoms with Crippen LogP contribution < -0.4 is 9.64 Å². The highest BCUT2D eigenvalue weighted by molar-refractivity contribution is 9.10. The van der Waals surface area contributed by atoms with Crippen molar-refractivity contribution in [2.24, 2.45) is 0 Å². The monoisotopic (exact) mass is 457 g/mol. The largest absolute Gasteiger partial charge is 0.494 e. The van der Waals surface area contributed by atoms with E-state index in [1.807, 2.05) is 0 Å². The average molecular weight is 459 g/mol. The molecule has 2 amide bonds. The first-order chi connectivity index (χ1) is 11.9. The fourth-order valence-corrected chi connectivity index (χ4v) is 4.32. The Morgan fingerprint density at radius 3 is 2.44 bits per heavy atom. The number of methoxy groups -OCH3 is 1. The van der Waals surface area contributed by atoms with Gasteiger partial charge >= 0.3 is 0 Å². The Kier molecular flexibility index (Phi) is 5.43. The molecule has 1 fully saturated rings. The highest BCUT2D eigenvalue weighted by atomic mass is 79.9. The fraction of sp³-hybridized carbons (Fsp3) is 0.0588. The minimum absolute atomic E-state index is 0.313. The highest BCUT2D eigenvalue weighted by Crippen LogP contribution is 2.38. The third-order valence-corrected chi connectivity index (χ3v) is 5.39. The van der Waals surface area contributed by atoms with Gasteiger partial charge in [-0.1, -0.05) is 23.2 Å². The molecule has 1 aliphatic rings. The molecule has 0 unspecified atom stereocenters. The molecular weight excluding hydrogens is 449 g/mol. The molecular formula is C17H10BrCl2NO3S. The molecule has 2 aromatic rings. The molecule has 2 aromatic carbocycles. The molecule has 0 spiro atoms. The molecule has 1 saturated heterocycles. The number of anilines is 1. The lowest BCUT2D eigenvalue weighted by Gasteiger charge is -2.12. The summed E-state index contributed by atoms with van der Waals surface area (Å²) in [5.74, 6) is 0.119. The Bertz CT molecular complexity index is 876. The van der Waals surface area contributed by atoms with Crippen molar-refractivity contribution in [3.8, 4) is 5.75 Å². The second-order valence-corrected chi connectivity index (χ2v) is 7.70. The number of benzene rings is 2. The smallest absolute Gasteiger partial charge is 0.298 e. The van der Waals surface area contributed by atoms with Gasteiger partial charge in [-0.25, -0.2) is 4.90 Å². The van der Waals surface area contributed by atoms with Crippen LogP contribution in [0.1, 0.15) is 5.56 Å². The first-order valence-electron chi connectivity index (χ1n) is 6.97. The van der Waals surface area contributed by atoms with E-state index >= 15 is 0 Å². The van der Waals surface area contributed by atoms with E-state index in [1.54, 1.807) is 42.5 Å². The van der Waals surface area contributed by atoms with E-state index in [1.165, 1.54) is 7.11 Å². The van der Waals surface area contributed by atoms with E-state index in [9.17, 15) is 9.59 Å². The van der Waals surface area contributed by atoms with Gasteiger partial charge in [-0.2, -0.15) is 0 Å². The van der Waals surface area contributed by atoms with E-state index in [4.69, 9.17) is 27.9 Å². The summed E-state index contributed by atoms with van der Waals surface area (Å²) in [6.45, 7) is 0. The highest BCUT2D eigenvalue weighted by Gasteiger charge is 2.36. The number of carbonyl (C=O) groups is 2. The quantitative estimate of drug-likeness (QED) is 0.528. The number of hydrogen-bond donors (Lipinski definition) is 0. The summed E-state index contributed by atoms with van der Waals surface area (Å²) in [6, 6.07) is 9.95. The molecule has 1 heterocycles. The third kappa shape index (κ3) is 3.72. The second-order valence-electron chi connectivity index (χ2n) is 5.01. The lowest BCUT2D eigenvalue weighted by Crippen LogP contribution is -2.27. The summed E-state index contributed by atoms with van der Waals surface area (Å²) in [5, 5.41) is 0.571. The number of halogens is 3. The fourth-order valence-electron chi connectivity index (χ4n) is 2.29. The lowest BCUT2D eigenvalue weighted by molar-refractivity contribution is -0.113. The Morgan fingerprint density at radius 1 is 1.16 bits per heavy atom. The van der Waals surface area contributed by atoms with Crippen molar-refractivity contribution in [1.82, 2.24) is 0 Å². The van der Waals surface area contributed by atoms with E-state index in [-0.39, 0.29) is 11.1 Å². The number of rotatable bonds is 3. The zero-order chi connectivity index (χ0) is 18.1. The predicted molar refractivity (Wildman–Crippen MR) is 106 cm³/mol. The maximum Gasteiger partial charge on any atom is 0.298 e. The predicted octanol–water partition coefficient (Wildman–Crippen LogP) is 6.01. The van der Waals surface area contributed by atoms with Crippen LogP contribution in [0.5, 0.6) is 5.75 Å². The molecule has 0 aliphatic carbocycles. The van der Waals surface area contributed by atoms with Gasteiger partial charge in [0, 0.05) is 5.02 Å². The number of imide groups is 1. The van der Waals surface area contributed by atoms with Gasteiger partial charge in [-0.05, 0) is 75.7 Å². The number of nitrogens with zero attached hydrogens (tertiary/aromatic N) is 1. The first kappa shape index (κ1) is 18.3. The van der Waals surface area contributed by atoms with Crippen molar-refractivity contribution in [2.45, 2.75) is 0 Å². The summed E-state index contributed by atoms with van der Waals surface area (Å²) >= 11 is 16.3. The molecule has 0 saturated carbocycles. The summed E-state index contributed by atoms with van der Waals surface area (Å²) in [6.07, 6.45) is 1.62. The Morgan fingerprint density at radius 2 is 1.84 bits per heavy atom. The molecule has 0 radical (unpaired) electrons. The zero-order valence-corrected chi connectivity index (χ0v) is 16.7. The minimum atomic E-state index is -0.389. The standard InChI is InChI=1S/C17H10BrCl2NO3S/c1-24-15-12(18)6-9(7-13(15)20)8-14-16(22)21(17(23)25-14)11-4-2-10(19)3-5-11/h2-8H,1H3/b14-8+. The van der Waals surface area contributed by atoms with Gasteiger partial charge < -0.3 is 4.74 Å². The molecule has 8 heteroatoms. The van der Waals surface area contributed by atoms with Crippen LogP contribution in [0.2, 0.25) is 10.0 Å². The van der Waals surface area contributed by atoms with Crippen molar-refractivity contribution in [3.63, 3.8) is 0 Å². The number of hydrogen-bond acceptors (Lipinski definition) is 4. The molecule has 0 aromatic heterocycles. The van der Waals surface area contributed by atoms with E-state index in [0.29, 0.717) is 36.4 Å². The van der Waals surface area contributed by atoms with Crippen molar-refractivity contribution < 1.29 is 14.3 Å². The average Bonchev–Trinajstić information content (AvgIpc) is 2.82. The maximum absolute atomic E-state index is 12.6. The van der Waals surface area contributed by atoms with Crippen molar-refractivity contribution >= 4 is 73.8 Å². The third-order valence-electron chi connectivity index (χ3n) is 3.40. The molecule has 0 atom stereocenters. The van der Waals surface area contributed by atoms with Gasteiger partial charge in [0.25, 0.3) is 11.1 Å². The van der Waals surface area contributed by atoms with Crippen LogP contribution in [0.15, 0.2) is 45.8 Å². The van der Waals surface area contributed by atoms with Gasteiger partial charge in [0.05, 0.1) is 27.2 Å². The van der Waals surface area contributed by atoms with Crippen molar-refractivity contribution in [3.05, 3.63) is 61.4 Å². The molecule has 0 bridgehead atoms. The summed E-state index contributed by atoms with van der Waals surface area (Å²) in [7, 11) is 1.52. The Labute approximate surface area is 166 Å². The number of thioether (sulfide) groups is 1. The number of ether oxygens (including phenoxy) is 1. The van der Waals surface area contributed by atoms with E-state index < -0.39 is 0 Å². The summed E-state index contributed by atoms with van der Waals surface area (Å²) in [4.78, 5) is 26.3. The van der Waals surface area contributed by atoms with Crippen LogP contribution in [-0.2, 0) is 4.79 Å². The van der Waals surface area contributed by atoms with Gasteiger partial charge in [0.1, 0.15) is 0 Å². The van der Waals surface area contributed by atoms with Crippen LogP contribution in [0.3, 0.4) is 0 Å².